The predicted molar refractivity (Wildman–Crippen MR) is 123 cm³/mol. The van der Waals surface area contributed by atoms with Crippen molar-refractivity contribution in [2.24, 2.45) is 0 Å². The summed E-state index contributed by atoms with van der Waals surface area (Å²) in [5.74, 6) is 0.329. The molecule has 0 fully saturated rings. The van der Waals surface area contributed by atoms with E-state index in [1.54, 1.807) is 18.6 Å². The lowest BCUT2D eigenvalue weighted by atomic mass is 10.1. The minimum absolute atomic E-state index is 0.146. The van der Waals surface area contributed by atoms with Crippen LogP contribution in [0, 0.1) is 6.92 Å². The van der Waals surface area contributed by atoms with Crippen LogP contribution in [0.1, 0.15) is 28.4 Å². The number of nitrogens with one attached hydrogen (secondary N) is 2. The molecule has 0 radical (unpaired) electrons. The Morgan fingerprint density at radius 3 is 2.58 bits per heavy atom. The molecule has 2 heterocycles. The van der Waals surface area contributed by atoms with Gasteiger partial charge in [-0.15, -0.1) is 0 Å². The molecule has 0 atom stereocenters. The van der Waals surface area contributed by atoms with Gasteiger partial charge in [0.2, 0.25) is 5.95 Å². The lowest BCUT2D eigenvalue weighted by Crippen LogP contribution is -2.12. The highest BCUT2D eigenvalue weighted by atomic mass is 16.1. The Morgan fingerprint density at radius 2 is 1.84 bits per heavy atom. The number of anilines is 3. The molecule has 2 N–H and O–H groups in total. The van der Waals surface area contributed by atoms with Crippen LogP contribution in [0.5, 0.6) is 0 Å². The summed E-state index contributed by atoms with van der Waals surface area (Å²) in [5, 5.41) is 6.22. The van der Waals surface area contributed by atoms with E-state index in [2.05, 4.69) is 32.5 Å². The van der Waals surface area contributed by atoms with Gasteiger partial charge in [0, 0.05) is 41.1 Å². The van der Waals surface area contributed by atoms with Crippen LogP contribution in [0.2, 0.25) is 0 Å². The van der Waals surface area contributed by atoms with Crippen molar-refractivity contribution >= 4 is 23.2 Å². The summed E-state index contributed by atoms with van der Waals surface area (Å²) in [6, 6.07) is 19.0. The number of nitrogens with zero attached hydrogens (tertiary/aromatic N) is 3. The summed E-state index contributed by atoms with van der Waals surface area (Å²) < 4.78 is 0. The molecule has 1 amide bonds. The average molecular weight is 409 g/mol. The molecular weight excluding hydrogens is 386 g/mol. The van der Waals surface area contributed by atoms with Crippen molar-refractivity contribution < 1.29 is 4.79 Å². The standard InChI is InChI=1S/C25H23N5O/c1-3-18-7-9-19(10-8-18)24(31)28-21-11-6-17(2)23(15-21)30-25-27-14-12-22(29-25)20-5-4-13-26-16-20/h4-16H,3H2,1-2H3,(H,28,31)(H,27,29,30). The molecule has 0 aliphatic rings. The Bertz CT molecular complexity index is 1190. The number of hydrogen-bond acceptors (Lipinski definition) is 5. The van der Waals surface area contributed by atoms with Crippen LogP contribution in [0.15, 0.2) is 79.3 Å². The Hall–Kier alpha value is -4.06. The van der Waals surface area contributed by atoms with Crippen LogP contribution in [0.25, 0.3) is 11.3 Å². The van der Waals surface area contributed by atoms with Crippen molar-refractivity contribution in [2.75, 3.05) is 10.6 Å². The van der Waals surface area contributed by atoms with Gasteiger partial charge in [-0.25, -0.2) is 9.97 Å². The fourth-order valence-corrected chi connectivity index (χ4v) is 3.14. The van der Waals surface area contributed by atoms with Crippen LogP contribution < -0.4 is 10.6 Å². The first-order chi connectivity index (χ1) is 15.1. The Kier molecular flexibility index (Phi) is 5.98. The molecule has 0 saturated carbocycles. The number of hydrogen-bond donors (Lipinski definition) is 2. The summed E-state index contributed by atoms with van der Waals surface area (Å²) in [6.07, 6.45) is 6.14. The highest BCUT2D eigenvalue weighted by Crippen LogP contribution is 2.24. The van der Waals surface area contributed by atoms with Crippen molar-refractivity contribution in [1.29, 1.82) is 0 Å². The van der Waals surface area contributed by atoms with Crippen molar-refractivity contribution in [2.45, 2.75) is 20.3 Å². The van der Waals surface area contributed by atoms with E-state index in [4.69, 9.17) is 0 Å². The van der Waals surface area contributed by atoms with Crippen LogP contribution >= 0.6 is 0 Å². The number of amides is 1. The van der Waals surface area contributed by atoms with Gasteiger partial charge in [-0.05, 0) is 66.9 Å². The smallest absolute Gasteiger partial charge is 0.255 e. The number of pyridine rings is 1. The molecular formula is C25H23N5O. The molecule has 4 aromatic rings. The Balaban J connectivity index is 1.52. The van der Waals surface area contributed by atoms with E-state index in [0.29, 0.717) is 17.2 Å². The third kappa shape index (κ3) is 4.93. The molecule has 6 nitrogen and oxygen atoms in total. The molecule has 2 aromatic heterocycles. The lowest BCUT2D eigenvalue weighted by molar-refractivity contribution is 0.102. The Morgan fingerprint density at radius 1 is 1.00 bits per heavy atom. The number of benzene rings is 2. The largest absolute Gasteiger partial charge is 0.324 e. The number of rotatable bonds is 6. The summed E-state index contributed by atoms with van der Waals surface area (Å²) in [5.41, 5.74) is 6.05. The van der Waals surface area contributed by atoms with Crippen molar-refractivity contribution in [3.63, 3.8) is 0 Å². The number of carbonyl (C=O) groups is 1. The Labute approximate surface area is 181 Å². The van der Waals surface area contributed by atoms with E-state index >= 15 is 0 Å². The van der Waals surface area contributed by atoms with Crippen LogP contribution in [0.3, 0.4) is 0 Å². The molecule has 6 heteroatoms. The maximum absolute atomic E-state index is 12.6. The van der Waals surface area contributed by atoms with Gasteiger partial charge in [-0.3, -0.25) is 9.78 Å². The first kappa shape index (κ1) is 20.2. The molecule has 0 bridgehead atoms. The van der Waals surface area contributed by atoms with Gasteiger partial charge < -0.3 is 10.6 Å². The van der Waals surface area contributed by atoms with Gasteiger partial charge in [0.25, 0.3) is 5.91 Å². The quantitative estimate of drug-likeness (QED) is 0.445. The third-order valence-corrected chi connectivity index (χ3v) is 4.98. The molecule has 0 unspecified atom stereocenters. The normalized spacial score (nSPS) is 10.5. The lowest BCUT2D eigenvalue weighted by Gasteiger charge is -2.12. The monoisotopic (exact) mass is 409 g/mol. The zero-order valence-corrected chi connectivity index (χ0v) is 17.5. The fourth-order valence-electron chi connectivity index (χ4n) is 3.14. The zero-order chi connectivity index (χ0) is 21.6. The summed E-state index contributed by atoms with van der Waals surface area (Å²) in [6.45, 7) is 4.08. The zero-order valence-electron chi connectivity index (χ0n) is 17.5. The minimum Gasteiger partial charge on any atom is -0.324 e. The van der Waals surface area contributed by atoms with Gasteiger partial charge in [-0.1, -0.05) is 25.1 Å². The number of carbonyl (C=O) groups excluding carboxylic acids is 1. The second-order valence-corrected chi connectivity index (χ2v) is 7.17. The minimum atomic E-state index is -0.146. The van der Waals surface area contributed by atoms with Crippen molar-refractivity contribution in [1.82, 2.24) is 15.0 Å². The van der Waals surface area contributed by atoms with Gasteiger partial charge >= 0.3 is 0 Å². The predicted octanol–water partition coefficient (Wildman–Crippen LogP) is 5.41. The van der Waals surface area contributed by atoms with Crippen LogP contribution in [-0.4, -0.2) is 20.9 Å². The SMILES string of the molecule is CCc1ccc(C(=O)Nc2ccc(C)c(Nc3nccc(-c4cccnc4)n3)c2)cc1. The maximum atomic E-state index is 12.6. The molecule has 31 heavy (non-hydrogen) atoms. The second-order valence-electron chi connectivity index (χ2n) is 7.17. The van der Waals surface area contributed by atoms with E-state index < -0.39 is 0 Å². The van der Waals surface area contributed by atoms with Gasteiger partial charge in [-0.2, -0.15) is 0 Å². The van der Waals surface area contributed by atoms with Crippen LogP contribution in [0.4, 0.5) is 17.3 Å². The average Bonchev–Trinajstić information content (AvgIpc) is 2.82. The van der Waals surface area contributed by atoms with E-state index in [1.165, 1.54) is 5.56 Å². The van der Waals surface area contributed by atoms with Gasteiger partial charge in [0.05, 0.1) is 5.69 Å². The fraction of sp³-hybridized carbons (Fsp3) is 0.120. The summed E-state index contributed by atoms with van der Waals surface area (Å²) >= 11 is 0. The highest BCUT2D eigenvalue weighted by Gasteiger charge is 2.09. The van der Waals surface area contributed by atoms with Gasteiger partial charge in [0.1, 0.15) is 0 Å². The van der Waals surface area contributed by atoms with E-state index in [1.807, 2.05) is 67.6 Å². The molecule has 4 rings (SSSR count). The van der Waals surface area contributed by atoms with Gasteiger partial charge in [0.15, 0.2) is 0 Å². The van der Waals surface area contributed by atoms with E-state index in [0.717, 1.165) is 28.9 Å². The van der Waals surface area contributed by atoms with Crippen LogP contribution in [-0.2, 0) is 6.42 Å². The van der Waals surface area contributed by atoms with E-state index in [9.17, 15) is 4.79 Å². The summed E-state index contributed by atoms with van der Waals surface area (Å²) in [7, 11) is 0. The molecule has 0 aliphatic carbocycles. The first-order valence-electron chi connectivity index (χ1n) is 10.1. The second kappa shape index (κ2) is 9.17. The highest BCUT2D eigenvalue weighted by molar-refractivity contribution is 6.04. The third-order valence-electron chi connectivity index (χ3n) is 4.98. The molecule has 0 aliphatic heterocycles. The molecule has 0 spiro atoms. The number of aryl methyl sites for hydroxylation is 2. The molecule has 154 valence electrons. The van der Waals surface area contributed by atoms with E-state index in [-0.39, 0.29) is 5.91 Å². The molecule has 0 saturated heterocycles. The number of aromatic nitrogens is 3. The summed E-state index contributed by atoms with van der Waals surface area (Å²) in [4.78, 5) is 25.7. The topological polar surface area (TPSA) is 79.8 Å². The van der Waals surface area contributed by atoms with Crippen molar-refractivity contribution in [3.05, 3.63) is 95.9 Å². The van der Waals surface area contributed by atoms with Crippen molar-refractivity contribution in [3.8, 4) is 11.3 Å². The first-order valence-corrected chi connectivity index (χ1v) is 10.1. The molecule has 2 aromatic carbocycles. The maximum Gasteiger partial charge on any atom is 0.255 e.